The Balaban J connectivity index is 2.00. The maximum absolute atomic E-state index is 12.8. The molecule has 1 atom stereocenters. The lowest BCUT2D eigenvalue weighted by molar-refractivity contribution is 0.480. The van der Waals surface area contributed by atoms with Crippen LogP contribution in [0.3, 0.4) is 0 Å². The van der Waals surface area contributed by atoms with Crippen LogP contribution in [0.15, 0.2) is 48.5 Å². The minimum absolute atomic E-state index is 0.263. The average Bonchev–Trinajstić information content (AvgIpc) is 2.43. The molecule has 0 saturated carbocycles. The van der Waals surface area contributed by atoms with E-state index in [1.54, 1.807) is 12.1 Å². The van der Waals surface area contributed by atoms with Gasteiger partial charge in [0.15, 0.2) is 0 Å². The fraction of sp³-hybridized carbons (Fsp3) is 0.250. The first-order valence-corrected chi connectivity index (χ1v) is 6.47. The van der Waals surface area contributed by atoms with E-state index in [1.165, 1.54) is 12.1 Å². The zero-order valence-corrected chi connectivity index (χ0v) is 11.2. The van der Waals surface area contributed by atoms with Crippen molar-refractivity contribution in [2.75, 3.05) is 5.32 Å². The largest absolute Gasteiger partial charge is 0.457 e. The normalized spacial score (nSPS) is 11.9. The van der Waals surface area contributed by atoms with Gasteiger partial charge >= 0.3 is 0 Å². The second-order valence-electron chi connectivity index (χ2n) is 4.53. The molecule has 2 aromatic rings. The molecule has 0 bridgehead atoms. The van der Waals surface area contributed by atoms with Gasteiger partial charge in [-0.15, -0.1) is 0 Å². The highest BCUT2D eigenvalue weighted by Gasteiger charge is 2.01. The summed E-state index contributed by atoms with van der Waals surface area (Å²) in [6, 6.07) is 14.2. The van der Waals surface area contributed by atoms with Crippen LogP contribution in [0, 0.1) is 5.82 Å². The Morgan fingerprint density at radius 3 is 2.05 bits per heavy atom. The Morgan fingerprint density at radius 1 is 1.00 bits per heavy atom. The average molecular weight is 259 g/mol. The Hall–Kier alpha value is -2.03. The molecule has 0 saturated heterocycles. The Kier molecular flexibility index (Phi) is 4.39. The van der Waals surface area contributed by atoms with Crippen LogP contribution in [0.25, 0.3) is 0 Å². The van der Waals surface area contributed by atoms with E-state index in [1.807, 2.05) is 24.3 Å². The van der Waals surface area contributed by atoms with Gasteiger partial charge in [0.1, 0.15) is 17.3 Å². The molecule has 0 fully saturated rings. The summed E-state index contributed by atoms with van der Waals surface area (Å²) in [7, 11) is 0. The molecule has 1 unspecified atom stereocenters. The van der Waals surface area contributed by atoms with E-state index in [-0.39, 0.29) is 5.82 Å². The summed E-state index contributed by atoms with van der Waals surface area (Å²) >= 11 is 0. The summed E-state index contributed by atoms with van der Waals surface area (Å²) in [4.78, 5) is 0. The standard InChI is InChI=1S/C16H18FNO/c1-3-12(2)18-14-6-10-16(11-7-14)19-15-8-4-13(17)5-9-15/h4-12,18H,3H2,1-2H3. The minimum Gasteiger partial charge on any atom is -0.457 e. The molecule has 0 aliphatic rings. The quantitative estimate of drug-likeness (QED) is 0.830. The van der Waals surface area contributed by atoms with Crippen LogP contribution in [-0.2, 0) is 0 Å². The van der Waals surface area contributed by atoms with Crippen molar-refractivity contribution in [3.63, 3.8) is 0 Å². The van der Waals surface area contributed by atoms with Gasteiger partial charge in [-0.25, -0.2) is 4.39 Å². The van der Waals surface area contributed by atoms with Gasteiger partial charge in [-0.3, -0.25) is 0 Å². The van der Waals surface area contributed by atoms with Crippen molar-refractivity contribution < 1.29 is 9.13 Å². The van der Waals surface area contributed by atoms with Crippen LogP contribution in [0.5, 0.6) is 11.5 Å². The smallest absolute Gasteiger partial charge is 0.127 e. The maximum atomic E-state index is 12.8. The topological polar surface area (TPSA) is 21.3 Å². The second kappa shape index (κ2) is 6.23. The van der Waals surface area contributed by atoms with Crippen molar-refractivity contribution in [3.05, 3.63) is 54.3 Å². The zero-order chi connectivity index (χ0) is 13.7. The molecule has 0 aromatic heterocycles. The third-order valence-electron chi connectivity index (χ3n) is 2.93. The van der Waals surface area contributed by atoms with Crippen molar-refractivity contribution in [1.29, 1.82) is 0 Å². The molecule has 0 heterocycles. The van der Waals surface area contributed by atoms with Gasteiger partial charge in [0.2, 0.25) is 0 Å². The number of hydrogen-bond donors (Lipinski definition) is 1. The van der Waals surface area contributed by atoms with Crippen molar-refractivity contribution >= 4 is 5.69 Å². The Morgan fingerprint density at radius 2 is 1.53 bits per heavy atom. The first-order chi connectivity index (χ1) is 9.17. The van der Waals surface area contributed by atoms with Gasteiger partial charge in [-0.1, -0.05) is 6.92 Å². The highest BCUT2D eigenvalue weighted by molar-refractivity contribution is 5.47. The minimum atomic E-state index is -0.263. The number of rotatable bonds is 5. The summed E-state index contributed by atoms with van der Waals surface area (Å²) in [5, 5.41) is 3.38. The first kappa shape index (κ1) is 13.4. The number of halogens is 1. The van der Waals surface area contributed by atoms with E-state index in [4.69, 9.17) is 4.74 Å². The first-order valence-electron chi connectivity index (χ1n) is 6.47. The van der Waals surface area contributed by atoms with E-state index < -0.39 is 0 Å². The van der Waals surface area contributed by atoms with Crippen LogP contribution in [-0.4, -0.2) is 6.04 Å². The lowest BCUT2D eigenvalue weighted by Gasteiger charge is -2.13. The Labute approximate surface area is 113 Å². The maximum Gasteiger partial charge on any atom is 0.127 e. The number of ether oxygens (including phenoxy) is 1. The molecule has 0 radical (unpaired) electrons. The molecule has 19 heavy (non-hydrogen) atoms. The summed E-state index contributed by atoms with van der Waals surface area (Å²) in [5.74, 6) is 1.10. The van der Waals surface area contributed by atoms with Crippen molar-refractivity contribution in [1.82, 2.24) is 0 Å². The van der Waals surface area contributed by atoms with Crippen molar-refractivity contribution in [2.45, 2.75) is 26.3 Å². The molecule has 0 aliphatic heterocycles. The lowest BCUT2D eigenvalue weighted by atomic mass is 10.2. The molecule has 0 aliphatic carbocycles. The third-order valence-corrected chi connectivity index (χ3v) is 2.93. The lowest BCUT2D eigenvalue weighted by Crippen LogP contribution is -2.12. The summed E-state index contributed by atoms with van der Waals surface area (Å²) < 4.78 is 18.4. The van der Waals surface area contributed by atoms with E-state index in [0.29, 0.717) is 11.8 Å². The Bertz CT molecular complexity index is 507. The van der Waals surface area contributed by atoms with Crippen molar-refractivity contribution in [3.8, 4) is 11.5 Å². The van der Waals surface area contributed by atoms with Gasteiger partial charge in [0.05, 0.1) is 0 Å². The highest BCUT2D eigenvalue weighted by Crippen LogP contribution is 2.23. The van der Waals surface area contributed by atoms with Crippen LogP contribution in [0.4, 0.5) is 10.1 Å². The summed E-state index contributed by atoms with van der Waals surface area (Å²) in [5.41, 5.74) is 1.07. The van der Waals surface area contributed by atoms with Crippen molar-refractivity contribution in [2.24, 2.45) is 0 Å². The van der Waals surface area contributed by atoms with Crippen LogP contribution in [0.2, 0.25) is 0 Å². The molecular weight excluding hydrogens is 241 g/mol. The molecule has 3 heteroatoms. The highest BCUT2D eigenvalue weighted by atomic mass is 19.1. The fourth-order valence-electron chi connectivity index (χ4n) is 1.64. The van der Waals surface area contributed by atoms with Crippen LogP contribution < -0.4 is 10.1 Å². The summed E-state index contributed by atoms with van der Waals surface area (Å²) in [6.45, 7) is 4.28. The molecule has 1 N–H and O–H groups in total. The van der Waals surface area contributed by atoms with E-state index in [2.05, 4.69) is 19.2 Å². The predicted molar refractivity (Wildman–Crippen MR) is 76.3 cm³/mol. The molecule has 0 spiro atoms. The monoisotopic (exact) mass is 259 g/mol. The number of nitrogens with one attached hydrogen (secondary N) is 1. The van der Waals surface area contributed by atoms with E-state index in [0.717, 1.165) is 17.9 Å². The molecule has 0 amide bonds. The van der Waals surface area contributed by atoms with Gasteiger partial charge in [0, 0.05) is 11.7 Å². The summed E-state index contributed by atoms with van der Waals surface area (Å²) in [6.07, 6.45) is 1.08. The predicted octanol–water partition coefficient (Wildman–Crippen LogP) is 4.83. The van der Waals surface area contributed by atoms with E-state index in [9.17, 15) is 4.39 Å². The number of anilines is 1. The van der Waals surface area contributed by atoms with E-state index >= 15 is 0 Å². The van der Waals surface area contributed by atoms with Gasteiger partial charge in [-0.05, 0) is 61.9 Å². The molecule has 100 valence electrons. The molecule has 2 nitrogen and oxygen atoms in total. The fourth-order valence-corrected chi connectivity index (χ4v) is 1.64. The molecule has 2 rings (SSSR count). The van der Waals surface area contributed by atoms with Crippen LogP contribution in [0.1, 0.15) is 20.3 Å². The second-order valence-corrected chi connectivity index (χ2v) is 4.53. The van der Waals surface area contributed by atoms with Gasteiger partial charge in [-0.2, -0.15) is 0 Å². The zero-order valence-electron chi connectivity index (χ0n) is 11.2. The van der Waals surface area contributed by atoms with Crippen LogP contribution >= 0.6 is 0 Å². The number of benzene rings is 2. The third kappa shape index (κ3) is 3.98. The molecular formula is C16H18FNO. The molecule has 2 aromatic carbocycles. The van der Waals surface area contributed by atoms with Gasteiger partial charge < -0.3 is 10.1 Å². The van der Waals surface area contributed by atoms with Gasteiger partial charge in [0.25, 0.3) is 0 Å². The number of hydrogen-bond acceptors (Lipinski definition) is 2. The SMILES string of the molecule is CCC(C)Nc1ccc(Oc2ccc(F)cc2)cc1.